The lowest BCUT2D eigenvalue weighted by Crippen LogP contribution is -1.89. The quantitative estimate of drug-likeness (QED) is 0.143. The Morgan fingerprint density at radius 1 is 0.520 bits per heavy atom. The van der Waals surface area contributed by atoms with Crippen molar-refractivity contribution in [3.05, 3.63) is 12.7 Å². The Morgan fingerprint density at radius 3 is 1.08 bits per heavy atom. The van der Waals surface area contributed by atoms with Gasteiger partial charge in [-0.05, 0) is 12.3 Å². The van der Waals surface area contributed by atoms with Crippen molar-refractivity contribution in [3.8, 4) is 0 Å². The smallest absolute Gasteiger partial charge is 0.0265 e. The summed E-state index contributed by atoms with van der Waals surface area (Å²) in [7, 11) is 0. The van der Waals surface area contributed by atoms with Crippen molar-refractivity contribution < 1.29 is 0 Å². The van der Waals surface area contributed by atoms with Crippen LogP contribution < -0.4 is 0 Å². The molecule has 0 bridgehead atoms. The highest BCUT2D eigenvalue weighted by atomic mass is 14.0. The monoisotopic (exact) mass is 350 g/mol. The molecule has 0 radical (unpaired) electrons. The summed E-state index contributed by atoms with van der Waals surface area (Å²) in [4.78, 5) is 0. The topological polar surface area (TPSA) is 0 Å². The molecule has 0 aliphatic carbocycles. The highest BCUT2D eigenvalue weighted by molar-refractivity contribution is 4.74. The van der Waals surface area contributed by atoms with Gasteiger partial charge < -0.3 is 0 Å². The zero-order chi connectivity index (χ0) is 18.4. The summed E-state index contributed by atoms with van der Waals surface area (Å²) in [5, 5.41) is 0. The van der Waals surface area contributed by atoms with Crippen LogP contribution >= 0.6 is 0 Å². The molecular formula is C25H50. The molecule has 1 atom stereocenters. The third-order valence-corrected chi connectivity index (χ3v) is 5.67. The fraction of sp³-hybridized carbons (Fsp3) is 0.920. The molecule has 0 nitrogen and oxygen atoms in total. The summed E-state index contributed by atoms with van der Waals surface area (Å²) in [6, 6.07) is 0. The molecule has 1 unspecified atom stereocenters. The first-order chi connectivity index (χ1) is 12.3. The average molecular weight is 351 g/mol. The lowest BCUT2D eigenvalue weighted by molar-refractivity contribution is 0.514. The summed E-state index contributed by atoms with van der Waals surface area (Å²) in [5.41, 5.74) is 0. The van der Waals surface area contributed by atoms with Gasteiger partial charge in [-0.1, -0.05) is 142 Å². The zero-order valence-corrected chi connectivity index (χ0v) is 18.0. The van der Waals surface area contributed by atoms with E-state index in [1.54, 1.807) is 0 Å². The molecule has 0 aliphatic rings. The van der Waals surface area contributed by atoms with Crippen LogP contribution in [-0.4, -0.2) is 0 Å². The highest BCUT2D eigenvalue weighted by Gasteiger charge is 1.97. The van der Waals surface area contributed by atoms with E-state index in [0.717, 1.165) is 0 Å². The van der Waals surface area contributed by atoms with E-state index in [4.69, 9.17) is 0 Å². The molecule has 0 saturated heterocycles. The fourth-order valence-corrected chi connectivity index (χ4v) is 3.66. The molecular weight excluding hydrogens is 300 g/mol. The highest BCUT2D eigenvalue weighted by Crippen LogP contribution is 2.15. The van der Waals surface area contributed by atoms with Crippen LogP contribution in [0, 0.1) is 5.92 Å². The van der Waals surface area contributed by atoms with Gasteiger partial charge >= 0.3 is 0 Å². The molecule has 0 aromatic rings. The summed E-state index contributed by atoms with van der Waals surface area (Å²) in [5.74, 6) is 0.714. The van der Waals surface area contributed by atoms with Gasteiger partial charge in [0.1, 0.15) is 0 Å². The van der Waals surface area contributed by atoms with Gasteiger partial charge in [-0.3, -0.25) is 0 Å². The Hall–Kier alpha value is -0.260. The molecule has 25 heavy (non-hydrogen) atoms. The van der Waals surface area contributed by atoms with Crippen LogP contribution in [0.15, 0.2) is 12.7 Å². The summed E-state index contributed by atoms with van der Waals surface area (Å²) in [6.07, 6.45) is 31.2. The standard InChI is InChI=1S/C25H50/c1-4-6-7-8-9-10-11-12-13-14-15-16-17-18-19-20-21-22-23-24-25(3)5-2/h5,25H,2,4,6-24H2,1,3H3. The van der Waals surface area contributed by atoms with Crippen LogP contribution in [0.2, 0.25) is 0 Å². The van der Waals surface area contributed by atoms with Gasteiger partial charge in [0.25, 0.3) is 0 Å². The third kappa shape index (κ3) is 21.7. The maximum atomic E-state index is 3.86. The summed E-state index contributed by atoms with van der Waals surface area (Å²) in [6.45, 7) is 8.44. The molecule has 0 aliphatic heterocycles. The van der Waals surface area contributed by atoms with Crippen molar-refractivity contribution in [2.24, 2.45) is 5.92 Å². The van der Waals surface area contributed by atoms with Gasteiger partial charge in [-0.25, -0.2) is 0 Å². The minimum atomic E-state index is 0.714. The van der Waals surface area contributed by atoms with E-state index in [1.807, 2.05) is 0 Å². The predicted octanol–water partition coefficient (Wildman–Crippen LogP) is 9.63. The first-order valence-corrected chi connectivity index (χ1v) is 11.9. The Labute approximate surface area is 161 Å². The van der Waals surface area contributed by atoms with Crippen LogP contribution in [0.1, 0.15) is 142 Å². The second-order valence-corrected chi connectivity index (χ2v) is 8.37. The van der Waals surface area contributed by atoms with E-state index < -0.39 is 0 Å². The number of rotatable bonds is 21. The van der Waals surface area contributed by atoms with Crippen LogP contribution in [0.5, 0.6) is 0 Å². The molecule has 0 N–H and O–H groups in total. The summed E-state index contributed by atoms with van der Waals surface area (Å²) >= 11 is 0. The van der Waals surface area contributed by atoms with Gasteiger partial charge in [0, 0.05) is 0 Å². The maximum absolute atomic E-state index is 3.86. The maximum Gasteiger partial charge on any atom is -0.0265 e. The second kappa shape index (κ2) is 21.8. The molecule has 0 aromatic heterocycles. The molecule has 0 heteroatoms. The second-order valence-electron chi connectivity index (χ2n) is 8.37. The minimum absolute atomic E-state index is 0.714. The van der Waals surface area contributed by atoms with Crippen LogP contribution in [0.25, 0.3) is 0 Å². The van der Waals surface area contributed by atoms with Crippen molar-refractivity contribution in [3.63, 3.8) is 0 Å². The molecule has 0 spiro atoms. The summed E-state index contributed by atoms with van der Waals surface area (Å²) < 4.78 is 0. The molecule has 0 fully saturated rings. The molecule has 0 aromatic carbocycles. The predicted molar refractivity (Wildman–Crippen MR) is 117 cm³/mol. The third-order valence-electron chi connectivity index (χ3n) is 5.67. The van der Waals surface area contributed by atoms with Crippen molar-refractivity contribution in [1.29, 1.82) is 0 Å². The molecule has 150 valence electrons. The number of allylic oxidation sites excluding steroid dienone is 1. The first-order valence-electron chi connectivity index (χ1n) is 11.9. The Kier molecular flexibility index (Phi) is 21.6. The van der Waals surface area contributed by atoms with Gasteiger partial charge in [0.2, 0.25) is 0 Å². The minimum Gasteiger partial charge on any atom is -0.103 e. The lowest BCUT2D eigenvalue weighted by Gasteiger charge is -2.05. The van der Waals surface area contributed by atoms with Crippen molar-refractivity contribution in [1.82, 2.24) is 0 Å². The normalized spacial score (nSPS) is 12.4. The molecule has 0 heterocycles. The van der Waals surface area contributed by atoms with Gasteiger partial charge in [0.15, 0.2) is 0 Å². The average Bonchev–Trinajstić information content (AvgIpc) is 2.63. The fourth-order valence-electron chi connectivity index (χ4n) is 3.66. The Morgan fingerprint density at radius 2 is 0.800 bits per heavy atom. The van der Waals surface area contributed by atoms with E-state index in [-0.39, 0.29) is 0 Å². The molecule has 0 saturated carbocycles. The van der Waals surface area contributed by atoms with Crippen molar-refractivity contribution in [2.75, 3.05) is 0 Å². The number of unbranched alkanes of at least 4 members (excludes halogenated alkanes) is 18. The Balaban J connectivity index is 2.99. The SMILES string of the molecule is C=CC(C)CCCCCCCCCCCCCCCCCCCCC. The molecule has 0 amide bonds. The lowest BCUT2D eigenvalue weighted by atomic mass is 10.0. The van der Waals surface area contributed by atoms with Gasteiger partial charge in [0.05, 0.1) is 0 Å². The van der Waals surface area contributed by atoms with E-state index in [2.05, 4.69) is 26.5 Å². The van der Waals surface area contributed by atoms with Crippen LogP contribution in [0.4, 0.5) is 0 Å². The van der Waals surface area contributed by atoms with Gasteiger partial charge in [-0.15, -0.1) is 6.58 Å². The van der Waals surface area contributed by atoms with Crippen molar-refractivity contribution >= 4 is 0 Å². The van der Waals surface area contributed by atoms with E-state index >= 15 is 0 Å². The first kappa shape index (κ1) is 24.7. The van der Waals surface area contributed by atoms with E-state index in [0.29, 0.717) is 5.92 Å². The van der Waals surface area contributed by atoms with E-state index in [9.17, 15) is 0 Å². The van der Waals surface area contributed by atoms with Gasteiger partial charge in [-0.2, -0.15) is 0 Å². The van der Waals surface area contributed by atoms with Crippen LogP contribution in [-0.2, 0) is 0 Å². The zero-order valence-electron chi connectivity index (χ0n) is 18.0. The number of hydrogen-bond acceptors (Lipinski definition) is 0. The van der Waals surface area contributed by atoms with Crippen LogP contribution in [0.3, 0.4) is 0 Å². The van der Waals surface area contributed by atoms with E-state index in [1.165, 1.54) is 128 Å². The largest absolute Gasteiger partial charge is 0.103 e. The number of hydrogen-bond donors (Lipinski definition) is 0. The Bertz CT molecular complexity index is 242. The molecule has 0 rings (SSSR count). The van der Waals surface area contributed by atoms with Crippen molar-refractivity contribution in [2.45, 2.75) is 142 Å².